The lowest BCUT2D eigenvalue weighted by Gasteiger charge is -2.13. The second-order valence-corrected chi connectivity index (χ2v) is 8.97. The number of benzene rings is 2. The zero-order chi connectivity index (χ0) is 21.2. The number of nitrogens with zero attached hydrogens (tertiary/aromatic N) is 1. The average molecular weight is 415 g/mol. The molecule has 0 aliphatic carbocycles. The van der Waals surface area contributed by atoms with Gasteiger partial charge in [-0.15, -0.1) is 0 Å². The second-order valence-electron chi connectivity index (χ2n) is 6.83. The summed E-state index contributed by atoms with van der Waals surface area (Å²) in [6.45, 7) is 0. The van der Waals surface area contributed by atoms with Crippen LogP contribution >= 0.6 is 0 Å². The predicted molar refractivity (Wildman–Crippen MR) is 110 cm³/mol. The normalized spacial score (nSPS) is 11.3. The summed E-state index contributed by atoms with van der Waals surface area (Å²) >= 11 is 0. The minimum atomic E-state index is -3.41. The van der Waals surface area contributed by atoms with Crippen LogP contribution in [0.2, 0.25) is 0 Å². The Balaban J connectivity index is 1.82. The van der Waals surface area contributed by atoms with Gasteiger partial charge in [0.15, 0.2) is 15.6 Å². The fourth-order valence-electron chi connectivity index (χ4n) is 2.86. The van der Waals surface area contributed by atoms with E-state index in [1.54, 1.807) is 42.5 Å². The van der Waals surface area contributed by atoms with Gasteiger partial charge in [0, 0.05) is 42.6 Å². The van der Waals surface area contributed by atoms with Crippen LogP contribution < -0.4 is 15.8 Å². The minimum absolute atomic E-state index is 0.154. The molecule has 2 amide bonds. The number of rotatable bonds is 5. The summed E-state index contributed by atoms with van der Waals surface area (Å²) in [6.07, 6.45) is 1.08. The van der Waals surface area contributed by atoms with Crippen molar-refractivity contribution >= 4 is 38.3 Å². The smallest absolute Gasteiger partial charge is 0.305 e. The van der Waals surface area contributed by atoms with Gasteiger partial charge < -0.3 is 9.32 Å². The molecule has 0 radical (unpaired) electrons. The van der Waals surface area contributed by atoms with Gasteiger partial charge in [-0.3, -0.25) is 20.4 Å². The molecule has 2 aromatic carbocycles. The van der Waals surface area contributed by atoms with E-state index in [0.717, 1.165) is 11.9 Å². The van der Waals surface area contributed by atoms with E-state index in [0.29, 0.717) is 16.5 Å². The van der Waals surface area contributed by atoms with Crippen molar-refractivity contribution in [2.75, 3.05) is 25.3 Å². The highest BCUT2D eigenvalue weighted by atomic mass is 32.2. The van der Waals surface area contributed by atoms with Crippen molar-refractivity contribution in [3.8, 4) is 0 Å². The molecule has 29 heavy (non-hydrogen) atoms. The van der Waals surface area contributed by atoms with Crippen LogP contribution in [0.25, 0.3) is 11.0 Å². The first-order chi connectivity index (χ1) is 13.7. The largest absolute Gasteiger partial charge is 0.451 e. The van der Waals surface area contributed by atoms with Crippen molar-refractivity contribution in [3.63, 3.8) is 0 Å². The van der Waals surface area contributed by atoms with E-state index < -0.39 is 21.7 Å². The topological polar surface area (TPSA) is 109 Å². The quantitative estimate of drug-likeness (QED) is 0.618. The van der Waals surface area contributed by atoms with Gasteiger partial charge in [-0.1, -0.05) is 24.3 Å². The number of amides is 2. The maximum atomic E-state index is 12.6. The lowest BCUT2D eigenvalue weighted by atomic mass is 10.1. The molecule has 0 saturated heterocycles. The van der Waals surface area contributed by atoms with Crippen LogP contribution in [0.5, 0.6) is 0 Å². The molecule has 0 unspecified atom stereocenters. The van der Waals surface area contributed by atoms with Crippen LogP contribution in [-0.2, 0) is 15.6 Å². The molecular weight excluding hydrogens is 394 g/mol. The molecule has 0 bridgehead atoms. The highest BCUT2D eigenvalue weighted by molar-refractivity contribution is 7.89. The Hall–Kier alpha value is -3.33. The molecule has 0 spiro atoms. The zero-order valence-corrected chi connectivity index (χ0v) is 17.0. The number of para-hydroxylation sites is 1. The van der Waals surface area contributed by atoms with Gasteiger partial charge in [0.25, 0.3) is 5.91 Å². The number of anilines is 1. The Bertz CT molecular complexity index is 1180. The van der Waals surface area contributed by atoms with Crippen molar-refractivity contribution < 1.29 is 22.4 Å². The number of carbonyl (C=O) groups is 2. The number of furan rings is 1. The molecule has 1 aromatic heterocycles. The van der Waals surface area contributed by atoms with Gasteiger partial charge in [-0.2, -0.15) is 0 Å². The first-order valence-corrected chi connectivity index (χ1v) is 10.8. The van der Waals surface area contributed by atoms with E-state index in [2.05, 4.69) is 10.9 Å². The number of nitrogens with one attached hydrogen (secondary N) is 2. The minimum Gasteiger partial charge on any atom is -0.451 e. The van der Waals surface area contributed by atoms with Crippen molar-refractivity contribution in [2.24, 2.45) is 0 Å². The first-order valence-electron chi connectivity index (χ1n) is 8.72. The lowest BCUT2D eigenvalue weighted by Crippen LogP contribution is -2.41. The second kappa shape index (κ2) is 7.96. The summed E-state index contributed by atoms with van der Waals surface area (Å²) in [5, 5.41) is 0.535. The SMILES string of the molecule is CN(C)c1cccc(C(=O)NNC(=O)c2oc3ccccc3c2CS(C)(=O)=O)c1. The summed E-state index contributed by atoms with van der Waals surface area (Å²) in [6, 6.07) is 13.6. The van der Waals surface area contributed by atoms with Crippen LogP contribution in [0, 0.1) is 0 Å². The van der Waals surface area contributed by atoms with Gasteiger partial charge in [0.05, 0.1) is 5.75 Å². The third-order valence-corrected chi connectivity index (χ3v) is 5.04. The molecule has 9 heteroatoms. The highest BCUT2D eigenvalue weighted by Gasteiger charge is 2.23. The summed E-state index contributed by atoms with van der Waals surface area (Å²) in [7, 11) is 0.288. The lowest BCUT2D eigenvalue weighted by molar-refractivity contribution is 0.0831. The van der Waals surface area contributed by atoms with Crippen LogP contribution in [0.3, 0.4) is 0 Å². The average Bonchev–Trinajstić information content (AvgIpc) is 3.03. The van der Waals surface area contributed by atoms with Crippen molar-refractivity contribution in [1.82, 2.24) is 10.9 Å². The Morgan fingerprint density at radius 3 is 2.38 bits per heavy atom. The molecule has 2 N–H and O–H groups in total. The van der Waals surface area contributed by atoms with Crippen molar-refractivity contribution in [3.05, 3.63) is 65.4 Å². The standard InChI is InChI=1S/C20H21N3O5S/c1-23(2)14-8-6-7-13(11-14)19(24)21-22-20(25)18-16(12-29(3,26)27)15-9-4-5-10-17(15)28-18/h4-11H,12H2,1-3H3,(H,21,24)(H,22,25). The van der Waals surface area contributed by atoms with E-state index in [4.69, 9.17) is 4.42 Å². The fraction of sp³-hybridized carbons (Fsp3) is 0.200. The number of carbonyl (C=O) groups excluding carboxylic acids is 2. The Morgan fingerprint density at radius 2 is 1.69 bits per heavy atom. The Labute approximate surface area is 168 Å². The van der Waals surface area contributed by atoms with E-state index in [1.165, 1.54) is 0 Å². The first kappa shape index (κ1) is 20.4. The number of sulfone groups is 1. The summed E-state index contributed by atoms with van der Waals surface area (Å²) in [5.74, 6) is -1.76. The zero-order valence-electron chi connectivity index (χ0n) is 16.2. The molecule has 0 fully saturated rings. The van der Waals surface area contributed by atoms with E-state index >= 15 is 0 Å². The highest BCUT2D eigenvalue weighted by Crippen LogP contribution is 2.27. The molecule has 1 heterocycles. The van der Waals surface area contributed by atoms with Crippen molar-refractivity contribution in [1.29, 1.82) is 0 Å². The third kappa shape index (κ3) is 4.75. The molecule has 152 valence electrons. The summed E-state index contributed by atoms with van der Waals surface area (Å²) in [4.78, 5) is 26.8. The van der Waals surface area contributed by atoms with Crippen molar-refractivity contribution in [2.45, 2.75) is 5.75 Å². The van der Waals surface area contributed by atoms with E-state index in [-0.39, 0.29) is 17.1 Å². The molecule has 0 atom stereocenters. The number of hydrogen-bond acceptors (Lipinski definition) is 6. The van der Waals surface area contributed by atoms with Crippen LogP contribution in [0.1, 0.15) is 26.5 Å². The Kier molecular flexibility index (Phi) is 5.60. The maximum Gasteiger partial charge on any atom is 0.305 e. The van der Waals surface area contributed by atoms with Crippen LogP contribution in [0.15, 0.2) is 52.9 Å². The van der Waals surface area contributed by atoms with Gasteiger partial charge in [-0.25, -0.2) is 8.42 Å². The molecule has 0 aliphatic rings. The summed E-state index contributed by atoms with van der Waals surface area (Å²) in [5.41, 5.74) is 6.46. The Morgan fingerprint density at radius 1 is 1.00 bits per heavy atom. The van der Waals surface area contributed by atoms with E-state index in [9.17, 15) is 18.0 Å². The van der Waals surface area contributed by atoms with Gasteiger partial charge in [0.2, 0.25) is 0 Å². The number of hydrogen-bond donors (Lipinski definition) is 2. The molecular formula is C20H21N3O5S. The van der Waals surface area contributed by atoms with Gasteiger partial charge in [0.1, 0.15) is 5.58 Å². The molecule has 0 aliphatic heterocycles. The van der Waals surface area contributed by atoms with Crippen LogP contribution in [-0.4, -0.2) is 40.6 Å². The predicted octanol–water partition coefficient (Wildman–Crippen LogP) is 2.12. The molecule has 8 nitrogen and oxygen atoms in total. The molecule has 3 rings (SSSR count). The fourth-order valence-corrected chi connectivity index (χ4v) is 3.67. The number of fused-ring (bicyclic) bond motifs is 1. The monoisotopic (exact) mass is 415 g/mol. The molecule has 0 saturated carbocycles. The van der Waals surface area contributed by atoms with Crippen LogP contribution in [0.4, 0.5) is 5.69 Å². The van der Waals surface area contributed by atoms with E-state index in [1.807, 2.05) is 25.1 Å². The maximum absolute atomic E-state index is 12.6. The molecule has 3 aromatic rings. The van der Waals surface area contributed by atoms with Gasteiger partial charge in [-0.05, 0) is 24.3 Å². The third-order valence-electron chi connectivity index (χ3n) is 4.23. The summed E-state index contributed by atoms with van der Waals surface area (Å²) < 4.78 is 29.2. The number of hydrazine groups is 1. The van der Waals surface area contributed by atoms with Gasteiger partial charge >= 0.3 is 5.91 Å².